The van der Waals surface area contributed by atoms with E-state index in [4.69, 9.17) is 0 Å². The molecule has 0 fully saturated rings. The zero-order valence-electron chi connectivity index (χ0n) is 12.4. The largest absolute Gasteiger partial charge is 0.378 e. The van der Waals surface area contributed by atoms with Gasteiger partial charge in [0.2, 0.25) is 0 Å². The van der Waals surface area contributed by atoms with Gasteiger partial charge in [-0.3, -0.25) is 4.39 Å². The van der Waals surface area contributed by atoms with E-state index in [0.29, 0.717) is 6.42 Å². The Morgan fingerprint density at radius 3 is 2.59 bits per heavy atom. The Kier molecular flexibility index (Phi) is 4.28. The summed E-state index contributed by atoms with van der Waals surface area (Å²) < 4.78 is 15.3. The van der Waals surface area contributed by atoms with Crippen LogP contribution in [0.1, 0.15) is 5.56 Å². The number of aryl methyl sites for hydroxylation is 1. The van der Waals surface area contributed by atoms with Crippen LogP contribution in [0.5, 0.6) is 0 Å². The molecule has 3 aromatic rings. The van der Waals surface area contributed by atoms with E-state index in [-0.39, 0.29) is 0 Å². The first-order valence-corrected chi connectivity index (χ1v) is 8.05. The third-order valence-corrected chi connectivity index (χ3v) is 4.04. The molecule has 4 nitrogen and oxygen atoms in total. The van der Waals surface area contributed by atoms with Crippen molar-refractivity contribution in [2.24, 2.45) is 0 Å². The van der Waals surface area contributed by atoms with Crippen molar-refractivity contribution in [1.29, 1.82) is 0 Å². The first-order valence-electron chi connectivity index (χ1n) is 6.97. The van der Waals surface area contributed by atoms with Gasteiger partial charge in [0.15, 0.2) is 5.65 Å². The maximum atomic E-state index is 12.7. The van der Waals surface area contributed by atoms with Gasteiger partial charge in [-0.25, -0.2) is 9.50 Å². The van der Waals surface area contributed by atoms with Crippen molar-refractivity contribution < 1.29 is 4.39 Å². The molecule has 1 aromatic carbocycles. The van der Waals surface area contributed by atoms with Crippen molar-refractivity contribution in [3.05, 3.63) is 45.8 Å². The van der Waals surface area contributed by atoms with Gasteiger partial charge >= 0.3 is 0 Å². The normalized spacial score (nSPS) is 11.1. The Balaban J connectivity index is 2.06. The first-order chi connectivity index (χ1) is 10.6. The van der Waals surface area contributed by atoms with Crippen molar-refractivity contribution >= 4 is 33.9 Å². The number of benzene rings is 1. The molecule has 0 atom stereocenters. The Morgan fingerprint density at radius 2 is 1.95 bits per heavy atom. The summed E-state index contributed by atoms with van der Waals surface area (Å²) in [4.78, 5) is 6.69. The number of fused-ring (bicyclic) bond motifs is 1. The minimum Gasteiger partial charge on any atom is -0.378 e. The van der Waals surface area contributed by atoms with E-state index >= 15 is 0 Å². The summed E-state index contributed by atoms with van der Waals surface area (Å²) >= 11 is 2.14. The fourth-order valence-corrected chi connectivity index (χ4v) is 2.97. The second-order valence-corrected chi connectivity index (χ2v) is 6.37. The van der Waals surface area contributed by atoms with Crippen molar-refractivity contribution in [3.63, 3.8) is 0 Å². The monoisotopic (exact) mass is 410 g/mol. The van der Waals surface area contributed by atoms with Crippen molar-refractivity contribution in [2.75, 3.05) is 25.7 Å². The molecule has 0 spiro atoms. The van der Waals surface area contributed by atoms with Crippen LogP contribution in [0.2, 0.25) is 0 Å². The smallest absolute Gasteiger partial charge is 0.157 e. The van der Waals surface area contributed by atoms with Crippen LogP contribution < -0.4 is 4.90 Å². The van der Waals surface area contributed by atoms with Crippen LogP contribution in [-0.4, -0.2) is 35.4 Å². The molecule has 22 heavy (non-hydrogen) atoms. The number of aromatic nitrogens is 3. The zero-order chi connectivity index (χ0) is 15.7. The number of hydrogen-bond acceptors (Lipinski definition) is 3. The number of anilines is 1. The van der Waals surface area contributed by atoms with Gasteiger partial charge in [-0.1, -0.05) is 12.1 Å². The molecule has 0 aliphatic heterocycles. The highest BCUT2D eigenvalue weighted by Crippen LogP contribution is 2.23. The van der Waals surface area contributed by atoms with Gasteiger partial charge in [0.25, 0.3) is 0 Å². The molecule has 3 rings (SSSR count). The second-order valence-electron chi connectivity index (χ2n) is 5.27. The fraction of sp³-hybridized carbons (Fsp3) is 0.250. The predicted octanol–water partition coefficient (Wildman–Crippen LogP) is 3.58. The van der Waals surface area contributed by atoms with Crippen LogP contribution in [0.3, 0.4) is 0 Å². The lowest BCUT2D eigenvalue weighted by atomic mass is 10.1. The fourth-order valence-electron chi connectivity index (χ4n) is 2.36. The lowest BCUT2D eigenvalue weighted by molar-refractivity contribution is 0.495. The van der Waals surface area contributed by atoms with E-state index in [1.54, 1.807) is 4.52 Å². The van der Waals surface area contributed by atoms with Gasteiger partial charge in [0, 0.05) is 37.3 Å². The SMILES string of the molecule is CN(C)c1ccc(-c2cn3nc(I)cc(CCF)c3n2)cc1. The molecule has 0 saturated heterocycles. The summed E-state index contributed by atoms with van der Waals surface area (Å²) in [5, 5.41) is 4.42. The highest BCUT2D eigenvalue weighted by Gasteiger charge is 2.11. The maximum absolute atomic E-state index is 12.7. The van der Waals surface area contributed by atoms with Gasteiger partial charge in [0.1, 0.15) is 3.70 Å². The number of alkyl halides is 1. The quantitative estimate of drug-likeness (QED) is 0.617. The topological polar surface area (TPSA) is 33.4 Å². The van der Waals surface area contributed by atoms with Crippen molar-refractivity contribution in [1.82, 2.24) is 14.6 Å². The molecule has 2 aromatic heterocycles. The molecule has 2 heterocycles. The predicted molar refractivity (Wildman–Crippen MR) is 95.1 cm³/mol. The van der Waals surface area contributed by atoms with Crippen LogP contribution in [0.15, 0.2) is 36.5 Å². The van der Waals surface area contributed by atoms with Crippen LogP contribution in [-0.2, 0) is 6.42 Å². The molecule has 0 unspecified atom stereocenters. The third kappa shape index (κ3) is 2.92. The van der Waals surface area contributed by atoms with Crippen LogP contribution in [0.25, 0.3) is 16.9 Å². The van der Waals surface area contributed by atoms with E-state index in [9.17, 15) is 4.39 Å². The average Bonchev–Trinajstić information content (AvgIpc) is 2.91. The van der Waals surface area contributed by atoms with Crippen LogP contribution in [0.4, 0.5) is 10.1 Å². The molecule has 0 N–H and O–H groups in total. The Hall–Kier alpha value is -1.70. The highest BCUT2D eigenvalue weighted by molar-refractivity contribution is 14.1. The zero-order valence-corrected chi connectivity index (χ0v) is 14.6. The number of nitrogens with zero attached hydrogens (tertiary/aromatic N) is 4. The standard InChI is InChI=1S/C16H16FIN4/c1-21(2)13-5-3-11(4-6-13)14-10-22-16(19-14)12(7-8-17)9-15(18)20-22/h3-6,9-10H,7-8H2,1-2H3. The lowest BCUT2D eigenvalue weighted by Gasteiger charge is -2.11. The van der Waals surface area contributed by atoms with Crippen LogP contribution >= 0.6 is 22.6 Å². The Labute approximate surface area is 142 Å². The third-order valence-electron chi connectivity index (χ3n) is 3.52. The maximum Gasteiger partial charge on any atom is 0.157 e. The van der Waals surface area contributed by atoms with E-state index in [1.807, 2.05) is 38.5 Å². The molecular formula is C16H16FIN4. The highest BCUT2D eigenvalue weighted by atomic mass is 127. The lowest BCUT2D eigenvalue weighted by Crippen LogP contribution is -2.07. The summed E-state index contributed by atoms with van der Waals surface area (Å²) in [6, 6.07) is 10.1. The molecule has 0 aliphatic rings. The van der Waals surface area contributed by atoms with Gasteiger partial charge < -0.3 is 4.90 Å². The summed E-state index contributed by atoms with van der Waals surface area (Å²) in [5.41, 5.74) is 4.62. The molecule has 0 radical (unpaired) electrons. The molecular weight excluding hydrogens is 394 g/mol. The molecule has 0 bridgehead atoms. The van der Waals surface area contributed by atoms with E-state index in [2.05, 4.69) is 49.7 Å². The van der Waals surface area contributed by atoms with E-state index < -0.39 is 6.67 Å². The summed E-state index contributed by atoms with van der Waals surface area (Å²) in [5.74, 6) is 0. The van der Waals surface area contributed by atoms with Gasteiger partial charge in [0.05, 0.1) is 18.6 Å². The summed E-state index contributed by atoms with van der Waals surface area (Å²) in [6.07, 6.45) is 2.25. The molecule has 6 heteroatoms. The Bertz CT molecular complexity index is 796. The number of rotatable bonds is 4. The average molecular weight is 410 g/mol. The molecule has 0 amide bonds. The van der Waals surface area contributed by atoms with Gasteiger partial charge in [-0.2, -0.15) is 5.10 Å². The minimum absolute atomic E-state index is 0.359. The number of halogens is 2. The molecule has 0 aliphatic carbocycles. The molecule has 0 saturated carbocycles. The summed E-state index contributed by atoms with van der Waals surface area (Å²) in [7, 11) is 4.02. The van der Waals surface area contributed by atoms with E-state index in [1.165, 1.54) is 0 Å². The van der Waals surface area contributed by atoms with Crippen LogP contribution in [0, 0.1) is 3.70 Å². The Morgan fingerprint density at radius 1 is 1.23 bits per heavy atom. The van der Waals surface area contributed by atoms with E-state index in [0.717, 1.165) is 31.9 Å². The minimum atomic E-state index is -0.393. The first kappa shape index (κ1) is 15.2. The van der Waals surface area contributed by atoms with Crippen molar-refractivity contribution in [3.8, 4) is 11.3 Å². The molecule has 114 valence electrons. The van der Waals surface area contributed by atoms with Gasteiger partial charge in [-0.05, 0) is 40.8 Å². The summed E-state index contributed by atoms with van der Waals surface area (Å²) in [6.45, 7) is -0.393. The number of imidazole rings is 1. The van der Waals surface area contributed by atoms with Gasteiger partial charge in [-0.15, -0.1) is 0 Å². The van der Waals surface area contributed by atoms with Crippen molar-refractivity contribution in [2.45, 2.75) is 6.42 Å². The number of hydrogen-bond donors (Lipinski definition) is 0. The second kappa shape index (κ2) is 6.20.